The number of halogens is 4. The zero-order valence-electron chi connectivity index (χ0n) is 20.0. The monoisotopic (exact) mass is 555 g/mol. The van der Waals surface area contributed by atoms with Crippen molar-refractivity contribution in [1.29, 1.82) is 0 Å². The van der Waals surface area contributed by atoms with Crippen molar-refractivity contribution in [2.45, 2.75) is 60.9 Å². The summed E-state index contributed by atoms with van der Waals surface area (Å²) >= 11 is 6.22. The highest BCUT2D eigenvalue weighted by Gasteiger charge is 2.55. The quantitative estimate of drug-likeness (QED) is 0.381. The summed E-state index contributed by atoms with van der Waals surface area (Å²) in [5, 5.41) is 22.4. The van der Waals surface area contributed by atoms with E-state index in [0.29, 0.717) is 25.0 Å². The molecule has 2 aromatic rings. The minimum atomic E-state index is -4.05. The van der Waals surface area contributed by atoms with Crippen LogP contribution in [0.1, 0.15) is 49.9 Å². The van der Waals surface area contributed by atoms with Crippen molar-refractivity contribution >= 4 is 33.0 Å². The van der Waals surface area contributed by atoms with Crippen molar-refractivity contribution in [2.75, 3.05) is 5.32 Å². The molecule has 0 aliphatic heterocycles. The summed E-state index contributed by atoms with van der Waals surface area (Å²) in [4.78, 5) is 12.4. The molecule has 2 fully saturated rings. The summed E-state index contributed by atoms with van der Waals surface area (Å²) in [5.41, 5.74) is -3.20. The molecule has 4 rings (SSSR count). The van der Waals surface area contributed by atoms with E-state index in [1.54, 1.807) is 0 Å². The van der Waals surface area contributed by atoms with E-state index in [1.165, 1.54) is 26.0 Å². The number of carbonyl (C=O) groups excluding carboxylic acids is 1. The molecule has 6 nitrogen and oxygen atoms in total. The number of amides is 1. The minimum absolute atomic E-state index is 0.106. The third-order valence-corrected chi connectivity index (χ3v) is 9.61. The molecule has 3 N–H and O–H groups in total. The smallest absolute Gasteiger partial charge is 0.255 e. The van der Waals surface area contributed by atoms with Gasteiger partial charge in [0.15, 0.2) is 27.3 Å². The number of benzene rings is 2. The molecule has 2 atom stereocenters. The molecule has 0 spiro atoms. The SMILES string of the molecule is CC(C)(O)C#C[C@]1(O)C2CCC1C[C@@H](S(=O)(=O)c1cc(C(=O)Nc3cc(F)c(F)c(F)c3)ccc1Cl)C2. The zero-order chi connectivity index (χ0) is 27.3. The number of hydrogen-bond acceptors (Lipinski definition) is 5. The number of anilines is 1. The lowest BCUT2D eigenvalue weighted by molar-refractivity contribution is -0.00581. The highest BCUT2D eigenvalue weighted by Crippen LogP contribution is 2.52. The predicted octanol–water partition coefficient (Wildman–Crippen LogP) is 4.48. The molecule has 0 heterocycles. The minimum Gasteiger partial charge on any atom is -0.378 e. The van der Waals surface area contributed by atoms with Gasteiger partial charge in [0.1, 0.15) is 11.2 Å². The van der Waals surface area contributed by atoms with Gasteiger partial charge in [-0.25, -0.2) is 21.6 Å². The van der Waals surface area contributed by atoms with Crippen LogP contribution in [0.4, 0.5) is 18.9 Å². The molecule has 37 heavy (non-hydrogen) atoms. The lowest BCUT2D eigenvalue weighted by Gasteiger charge is -2.39. The van der Waals surface area contributed by atoms with Crippen LogP contribution in [0.25, 0.3) is 0 Å². The van der Waals surface area contributed by atoms with Crippen molar-refractivity contribution in [2.24, 2.45) is 11.8 Å². The van der Waals surface area contributed by atoms with Crippen LogP contribution < -0.4 is 5.32 Å². The summed E-state index contributed by atoms with van der Waals surface area (Å²) < 4.78 is 67.4. The average Bonchev–Trinajstić information content (AvgIpc) is 2.97. The average molecular weight is 556 g/mol. The number of aliphatic hydroxyl groups is 2. The van der Waals surface area contributed by atoms with E-state index in [9.17, 15) is 36.6 Å². The number of fused-ring (bicyclic) bond motifs is 2. The summed E-state index contributed by atoms with van der Waals surface area (Å²) in [5.74, 6) is -0.950. The Bertz CT molecular complexity index is 1390. The van der Waals surface area contributed by atoms with E-state index in [2.05, 4.69) is 17.2 Å². The van der Waals surface area contributed by atoms with E-state index >= 15 is 0 Å². The lowest BCUT2D eigenvalue weighted by atomic mass is 9.74. The van der Waals surface area contributed by atoms with Crippen LogP contribution in [-0.4, -0.2) is 41.0 Å². The van der Waals surface area contributed by atoms with Gasteiger partial charge in [-0.15, -0.1) is 0 Å². The largest absolute Gasteiger partial charge is 0.378 e. The Hall–Kier alpha value is -2.58. The van der Waals surface area contributed by atoms with Crippen LogP contribution in [0.5, 0.6) is 0 Å². The van der Waals surface area contributed by atoms with E-state index in [4.69, 9.17) is 11.6 Å². The van der Waals surface area contributed by atoms with Crippen LogP contribution in [0.3, 0.4) is 0 Å². The Morgan fingerprint density at radius 1 is 1.11 bits per heavy atom. The van der Waals surface area contributed by atoms with Gasteiger partial charge in [-0.1, -0.05) is 23.4 Å². The number of nitrogens with one attached hydrogen (secondary N) is 1. The predicted molar refractivity (Wildman–Crippen MR) is 131 cm³/mol. The van der Waals surface area contributed by atoms with Crippen molar-refractivity contribution in [1.82, 2.24) is 0 Å². The fourth-order valence-corrected chi connectivity index (χ4v) is 7.49. The molecule has 2 aromatic carbocycles. The van der Waals surface area contributed by atoms with Crippen LogP contribution in [0, 0.1) is 41.1 Å². The molecule has 11 heteroatoms. The summed E-state index contributed by atoms with van der Waals surface area (Å²) in [6.07, 6.45) is 1.40. The molecule has 0 aromatic heterocycles. The highest BCUT2D eigenvalue weighted by molar-refractivity contribution is 7.92. The fraction of sp³-hybridized carbons (Fsp3) is 0.423. The Kier molecular flexibility index (Phi) is 7.14. The van der Waals surface area contributed by atoms with Crippen LogP contribution in [0.2, 0.25) is 5.02 Å². The maximum absolute atomic E-state index is 13.6. The maximum atomic E-state index is 13.6. The Morgan fingerprint density at radius 2 is 1.68 bits per heavy atom. The van der Waals surface area contributed by atoms with Gasteiger partial charge < -0.3 is 15.5 Å². The van der Waals surface area contributed by atoms with Gasteiger partial charge in [0.05, 0.1) is 15.2 Å². The zero-order valence-corrected chi connectivity index (χ0v) is 21.6. The summed E-state index contributed by atoms with van der Waals surface area (Å²) in [6, 6.07) is 4.77. The molecule has 0 saturated heterocycles. The maximum Gasteiger partial charge on any atom is 0.255 e. The summed E-state index contributed by atoms with van der Waals surface area (Å²) in [7, 11) is -4.05. The second-order valence-electron chi connectivity index (χ2n) is 10.1. The molecule has 2 aliphatic carbocycles. The van der Waals surface area contributed by atoms with Gasteiger partial charge >= 0.3 is 0 Å². The molecular formula is C26H25ClF3NO5S. The Morgan fingerprint density at radius 3 is 2.22 bits per heavy atom. The van der Waals surface area contributed by atoms with Crippen LogP contribution in [-0.2, 0) is 9.84 Å². The van der Waals surface area contributed by atoms with Crippen LogP contribution in [0.15, 0.2) is 35.2 Å². The van der Waals surface area contributed by atoms with E-state index in [1.807, 2.05) is 0 Å². The van der Waals surface area contributed by atoms with Gasteiger partial charge in [0.2, 0.25) is 0 Å². The van der Waals surface area contributed by atoms with E-state index < -0.39 is 61.5 Å². The molecule has 1 amide bonds. The molecule has 2 saturated carbocycles. The van der Waals surface area contributed by atoms with E-state index in [-0.39, 0.29) is 34.0 Å². The van der Waals surface area contributed by atoms with Crippen molar-refractivity contribution in [3.63, 3.8) is 0 Å². The van der Waals surface area contributed by atoms with Gasteiger partial charge in [0.25, 0.3) is 5.91 Å². The molecule has 2 unspecified atom stereocenters. The molecular weight excluding hydrogens is 531 g/mol. The van der Waals surface area contributed by atoms with Gasteiger partial charge in [0, 0.05) is 35.2 Å². The number of hydrogen-bond donors (Lipinski definition) is 3. The fourth-order valence-electron chi connectivity index (χ4n) is 5.09. The first-order valence-electron chi connectivity index (χ1n) is 11.6. The third-order valence-electron chi connectivity index (χ3n) is 6.95. The second kappa shape index (κ2) is 9.62. The molecule has 2 aliphatic rings. The van der Waals surface area contributed by atoms with Crippen molar-refractivity contribution < 1.29 is 36.6 Å². The normalized spacial score (nSPS) is 25.4. The van der Waals surface area contributed by atoms with Gasteiger partial charge in [-0.3, -0.25) is 4.79 Å². The number of sulfone groups is 1. The van der Waals surface area contributed by atoms with Gasteiger partial charge in [-0.2, -0.15) is 0 Å². The first-order valence-corrected chi connectivity index (χ1v) is 13.5. The molecule has 0 radical (unpaired) electrons. The number of carbonyl (C=O) groups is 1. The van der Waals surface area contributed by atoms with Crippen molar-refractivity contribution in [3.8, 4) is 11.8 Å². The first kappa shape index (κ1) is 27.5. The molecule has 198 valence electrons. The molecule has 2 bridgehead atoms. The Balaban J connectivity index is 1.59. The standard InChI is InChI=1S/C26H25ClF3NO5S/c1-25(2,33)7-8-26(34)15-4-5-16(26)11-18(10-15)37(35,36)22-9-14(3-6-19(22)27)24(32)31-17-12-20(28)23(30)21(29)13-17/h3,6,9,12-13,15-16,18,33-34H,4-5,10-11H2,1-2H3,(H,31,32)/t15?,16?,18-,26-. The number of rotatable bonds is 4. The topological polar surface area (TPSA) is 104 Å². The van der Waals surface area contributed by atoms with Gasteiger partial charge in [-0.05, 0) is 57.7 Å². The van der Waals surface area contributed by atoms with Crippen LogP contribution >= 0.6 is 11.6 Å². The Labute approximate surface area is 217 Å². The summed E-state index contributed by atoms with van der Waals surface area (Å²) in [6.45, 7) is 2.99. The first-order chi connectivity index (χ1) is 17.1. The van der Waals surface area contributed by atoms with Crippen molar-refractivity contribution in [3.05, 3.63) is 58.4 Å². The second-order valence-corrected chi connectivity index (χ2v) is 12.7. The third kappa shape index (κ3) is 5.36. The van der Waals surface area contributed by atoms with E-state index in [0.717, 1.165) is 6.07 Å². The highest BCUT2D eigenvalue weighted by atomic mass is 35.5. The lowest BCUT2D eigenvalue weighted by Crippen LogP contribution is -2.47.